The van der Waals surface area contributed by atoms with Gasteiger partial charge in [0.05, 0.1) is 6.04 Å². The maximum Gasteiger partial charge on any atom is 0.257 e. The van der Waals surface area contributed by atoms with E-state index in [0.717, 1.165) is 49.3 Å². The molecule has 0 saturated carbocycles. The third-order valence-corrected chi connectivity index (χ3v) is 5.02. The molecule has 2 aromatic carbocycles. The van der Waals surface area contributed by atoms with Gasteiger partial charge in [0.1, 0.15) is 17.2 Å². The van der Waals surface area contributed by atoms with Crippen molar-refractivity contribution in [2.24, 2.45) is 0 Å². The molecule has 0 spiro atoms. The number of benzene rings is 2. The fourth-order valence-electron chi connectivity index (χ4n) is 3.50. The third kappa shape index (κ3) is 4.45. The molecule has 0 bridgehead atoms. The Kier molecular flexibility index (Phi) is 6.06. The molecule has 1 aliphatic rings. The number of carbonyl (C=O) groups is 1. The highest BCUT2D eigenvalue weighted by Crippen LogP contribution is 2.26. The van der Waals surface area contributed by atoms with E-state index < -0.39 is 23.1 Å². The molecule has 1 heterocycles. The van der Waals surface area contributed by atoms with E-state index in [1.54, 1.807) is 0 Å². The predicted octanol–water partition coefficient (Wildman–Crippen LogP) is 3.60. The number of likely N-dealkylation sites (tertiary alicyclic amines) is 1. The van der Waals surface area contributed by atoms with E-state index >= 15 is 0 Å². The van der Waals surface area contributed by atoms with Crippen LogP contribution in [-0.2, 0) is 0 Å². The van der Waals surface area contributed by atoms with Gasteiger partial charge in [-0.25, -0.2) is 8.78 Å². The van der Waals surface area contributed by atoms with Gasteiger partial charge in [0.25, 0.3) is 5.91 Å². The molecule has 2 aromatic rings. The lowest BCUT2D eigenvalue weighted by Gasteiger charge is -2.28. The minimum atomic E-state index is -0.847. The second kappa shape index (κ2) is 8.48. The van der Waals surface area contributed by atoms with Crippen LogP contribution >= 0.6 is 0 Å². The van der Waals surface area contributed by atoms with Crippen molar-refractivity contribution in [3.63, 3.8) is 0 Å². The van der Waals surface area contributed by atoms with Crippen LogP contribution in [0.4, 0.5) is 14.5 Å². The number of rotatable bonds is 6. The lowest BCUT2D eigenvalue weighted by Crippen LogP contribution is -2.37. The van der Waals surface area contributed by atoms with Crippen LogP contribution in [0.2, 0.25) is 0 Å². The SMILES string of the molecule is CN(C)c1ccc(C(CNC(=O)c2c(F)cccc2F)N2CCCC2)cc1. The average molecular weight is 373 g/mol. The Balaban J connectivity index is 1.77. The van der Waals surface area contributed by atoms with Crippen molar-refractivity contribution in [1.29, 1.82) is 0 Å². The molecule has 27 heavy (non-hydrogen) atoms. The van der Waals surface area contributed by atoms with E-state index in [1.807, 2.05) is 43.3 Å². The standard InChI is InChI=1S/C21H25F2N3O/c1-25(2)16-10-8-15(9-11-16)19(26-12-3-4-13-26)14-24-21(27)20-17(22)6-5-7-18(20)23/h5-11,19H,3-4,12-14H2,1-2H3,(H,24,27). The first-order valence-electron chi connectivity index (χ1n) is 9.21. The Morgan fingerprint density at radius 2 is 1.67 bits per heavy atom. The first-order valence-corrected chi connectivity index (χ1v) is 9.21. The molecule has 1 aliphatic heterocycles. The minimum Gasteiger partial charge on any atom is -0.378 e. The van der Waals surface area contributed by atoms with E-state index in [4.69, 9.17) is 0 Å². The second-order valence-corrected chi connectivity index (χ2v) is 7.05. The van der Waals surface area contributed by atoms with Gasteiger partial charge in [0.15, 0.2) is 0 Å². The summed E-state index contributed by atoms with van der Waals surface area (Å²) >= 11 is 0. The summed E-state index contributed by atoms with van der Waals surface area (Å²) in [6.45, 7) is 2.20. The van der Waals surface area contributed by atoms with Crippen LogP contribution in [0.3, 0.4) is 0 Å². The number of nitrogens with zero attached hydrogens (tertiary/aromatic N) is 2. The Labute approximate surface area is 158 Å². The first kappa shape index (κ1) is 19.3. The van der Waals surface area contributed by atoms with Crippen LogP contribution < -0.4 is 10.2 Å². The van der Waals surface area contributed by atoms with Crippen molar-refractivity contribution in [2.45, 2.75) is 18.9 Å². The van der Waals surface area contributed by atoms with Gasteiger partial charge in [-0.1, -0.05) is 18.2 Å². The molecular weight excluding hydrogens is 348 g/mol. The number of carbonyl (C=O) groups excluding carboxylic acids is 1. The van der Waals surface area contributed by atoms with Crippen LogP contribution in [0.15, 0.2) is 42.5 Å². The van der Waals surface area contributed by atoms with Gasteiger partial charge in [-0.05, 0) is 55.8 Å². The molecule has 1 atom stereocenters. The minimum absolute atomic E-state index is 0.0255. The molecule has 1 saturated heterocycles. The van der Waals surface area contributed by atoms with Crippen molar-refractivity contribution >= 4 is 11.6 Å². The number of anilines is 1. The molecule has 4 nitrogen and oxygen atoms in total. The quantitative estimate of drug-likeness (QED) is 0.840. The number of hydrogen-bond donors (Lipinski definition) is 1. The fourth-order valence-corrected chi connectivity index (χ4v) is 3.50. The fraction of sp³-hybridized carbons (Fsp3) is 0.381. The van der Waals surface area contributed by atoms with Gasteiger partial charge in [0, 0.05) is 26.3 Å². The largest absolute Gasteiger partial charge is 0.378 e. The molecule has 144 valence electrons. The van der Waals surface area contributed by atoms with Gasteiger partial charge >= 0.3 is 0 Å². The van der Waals surface area contributed by atoms with Gasteiger partial charge in [-0.3, -0.25) is 9.69 Å². The van der Waals surface area contributed by atoms with Crippen LogP contribution in [0.25, 0.3) is 0 Å². The molecule has 1 amide bonds. The van der Waals surface area contributed by atoms with Crippen LogP contribution in [0.5, 0.6) is 0 Å². The number of amides is 1. The predicted molar refractivity (Wildman–Crippen MR) is 103 cm³/mol. The van der Waals surface area contributed by atoms with Gasteiger partial charge in [0.2, 0.25) is 0 Å². The Morgan fingerprint density at radius 3 is 2.22 bits per heavy atom. The van der Waals surface area contributed by atoms with Gasteiger partial charge < -0.3 is 10.2 Å². The molecule has 0 aliphatic carbocycles. The van der Waals surface area contributed by atoms with Crippen LogP contribution in [0.1, 0.15) is 34.8 Å². The highest BCUT2D eigenvalue weighted by Gasteiger charge is 2.25. The summed E-state index contributed by atoms with van der Waals surface area (Å²) in [4.78, 5) is 16.7. The van der Waals surface area contributed by atoms with Crippen molar-refractivity contribution in [3.05, 3.63) is 65.2 Å². The lowest BCUT2D eigenvalue weighted by atomic mass is 10.0. The zero-order valence-electron chi connectivity index (χ0n) is 15.7. The normalized spacial score (nSPS) is 15.6. The van der Waals surface area contributed by atoms with E-state index in [1.165, 1.54) is 6.07 Å². The molecule has 6 heteroatoms. The highest BCUT2D eigenvalue weighted by molar-refractivity contribution is 5.94. The summed E-state index contributed by atoms with van der Waals surface area (Å²) in [5.74, 6) is -2.42. The molecule has 1 unspecified atom stereocenters. The smallest absolute Gasteiger partial charge is 0.257 e. The summed E-state index contributed by atoms with van der Waals surface area (Å²) in [5.41, 5.74) is 1.65. The molecular formula is C21H25F2N3O. The second-order valence-electron chi connectivity index (χ2n) is 7.05. The summed E-state index contributed by atoms with van der Waals surface area (Å²) in [7, 11) is 3.96. The monoisotopic (exact) mass is 373 g/mol. The topological polar surface area (TPSA) is 35.6 Å². The summed E-state index contributed by atoms with van der Waals surface area (Å²) in [5, 5.41) is 2.72. The molecule has 3 rings (SSSR count). The number of hydrogen-bond acceptors (Lipinski definition) is 3. The maximum atomic E-state index is 13.9. The Bertz CT molecular complexity index is 766. The first-order chi connectivity index (χ1) is 13.0. The van der Waals surface area contributed by atoms with Crippen molar-refractivity contribution in [3.8, 4) is 0 Å². The van der Waals surface area contributed by atoms with Crippen molar-refractivity contribution in [2.75, 3.05) is 38.6 Å². The third-order valence-electron chi connectivity index (χ3n) is 5.02. The molecule has 1 N–H and O–H groups in total. The molecule has 0 aromatic heterocycles. The lowest BCUT2D eigenvalue weighted by molar-refractivity contribution is 0.0929. The van der Waals surface area contributed by atoms with E-state index in [0.29, 0.717) is 6.54 Å². The van der Waals surface area contributed by atoms with Gasteiger partial charge in [-0.15, -0.1) is 0 Å². The number of halogens is 2. The van der Waals surface area contributed by atoms with E-state index in [-0.39, 0.29) is 6.04 Å². The number of nitrogens with one attached hydrogen (secondary N) is 1. The average Bonchev–Trinajstić information content (AvgIpc) is 3.16. The zero-order chi connectivity index (χ0) is 19.4. The zero-order valence-corrected chi connectivity index (χ0v) is 15.7. The summed E-state index contributed by atoms with van der Waals surface area (Å²) < 4.78 is 27.7. The van der Waals surface area contributed by atoms with Crippen LogP contribution in [-0.4, -0.2) is 44.5 Å². The van der Waals surface area contributed by atoms with Crippen molar-refractivity contribution < 1.29 is 13.6 Å². The molecule has 1 fully saturated rings. The van der Waals surface area contributed by atoms with Crippen LogP contribution in [0, 0.1) is 11.6 Å². The van der Waals surface area contributed by atoms with E-state index in [9.17, 15) is 13.6 Å². The van der Waals surface area contributed by atoms with E-state index in [2.05, 4.69) is 10.2 Å². The molecule has 0 radical (unpaired) electrons. The Morgan fingerprint density at radius 1 is 1.07 bits per heavy atom. The van der Waals surface area contributed by atoms with Gasteiger partial charge in [-0.2, -0.15) is 0 Å². The van der Waals surface area contributed by atoms with Crippen molar-refractivity contribution in [1.82, 2.24) is 10.2 Å². The summed E-state index contributed by atoms with van der Waals surface area (Å²) in [6.07, 6.45) is 2.23. The maximum absolute atomic E-state index is 13.9. The highest BCUT2D eigenvalue weighted by atomic mass is 19.1. The Hall–Kier alpha value is -2.47. The summed E-state index contributed by atoms with van der Waals surface area (Å²) in [6, 6.07) is 11.6.